The number of likely N-dealkylation sites (tertiary alicyclic amines) is 1. The molecule has 0 spiro atoms. The van der Waals surface area contributed by atoms with Crippen LogP contribution in [0.3, 0.4) is 0 Å². The highest BCUT2D eigenvalue weighted by Crippen LogP contribution is 2.29. The third kappa shape index (κ3) is 4.21. The first-order valence-electron chi connectivity index (χ1n) is 10.8. The average molecular weight is 448 g/mol. The highest BCUT2D eigenvalue weighted by Gasteiger charge is 2.32. The summed E-state index contributed by atoms with van der Waals surface area (Å²) < 4.78 is 21.3. The lowest BCUT2D eigenvalue weighted by molar-refractivity contribution is 0.0683. The fourth-order valence-corrected chi connectivity index (χ4v) is 4.75. The molecule has 0 saturated carbocycles. The number of ether oxygens (including phenoxy) is 1. The number of hydrogen-bond donors (Lipinski definition) is 1. The Bertz CT molecular complexity index is 1010. The monoisotopic (exact) mass is 447 g/mol. The van der Waals surface area contributed by atoms with Gasteiger partial charge in [-0.25, -0.2) is 4.39 Å². The van der Waals surface area contributed by atoms with Gasteiger partial charge >= 0.3 is 0 Å². The molecule has 3 heterocycles. The van der Waals surface area contributed by atoms with Gasteiger partial charge in [0, 0.05) is 24.2 Å². The number of rotatable bonds is 5. The zero-order valence-corrected chi connectivity index (χ0v) is 18.5. The summed E-state index contributed by atoms with van der Waals surface area (Å²) in [6, 6.07) is 5.54. The zero-order valence-electron chi connectivity index (χ0n) is 17.8. The van der Waals surface area contributed by atoms with Gasteiger partial charge in [-0.1, -0.05) is 18.5 Å². The van der Waals surface area contributed by atoms with Crippen molar-refractivity contribution >= 4 is 23.4 Å². The number of nitrogens with zero attached hydrogens (tertiary/aromatic N) is 2. The topological polar surface area (TPSA) is 63.6 Å². The summed E-state index contributed by atoms with van der Waals surface area (Å²) in [5, 5.41) is 3.36. The third-order valence-electron chi connectivity index (χ3n) is 6.23. The molecule has 0 radical (unpaired) electrons. The molecule has 1 N–H and O–H groups in total. The molecule has 2 aliphatic heterocycles. The lowest BCUT2D eigenvalue weighted by Crippen LogP contribution is -2.35. The van der Waals surface area contributed by atoms with Crippen LogP contribution in [0.5, 0.6) is 0 Å². The lowest BCUT2D eigenvalue weighted by Gasteiger charge is -2.24. The largest absolute Gasteiger partial charge is 0.373 e. The Kier molecular flexibility index (Phi) is 6.34. The summed E-state index contributed by atoms with van der Waals surface area (Å²) in [5.41, 5.74) is 2.16. The van der Waals surface area contributed by atoms with Crippen LogP contribution in [0.2, 0.25) is 5.02 Å². The molecule has 2 unspecified atom stereocenters. The minimum atomic E-state index is -0.450. The Morgan fingerprint density at radius 1 is 1.32 bits per heavy atom. The predicted octanol–water partition coefficient (Wildman–Crippen LogP) is 4.32. The molecule has 1 aromatic carbocycles. The summed E-state index contributed by atoms with van der Waals surface area (Å²) >= 11 is 6.25. The molecule has 1 saturated heterocycles. The lowest BCUT2D eigenvalue weighted by atomic mass is 10.0. The normalized spacial score (nSPS) is 19.2. The van der Waals surface area contributed by atoms with Crippen LogP contribution in [0.1, 0.15) is 71.3 Å². The first kappa shape index (κ1) is 21.8. The van der Waals surface area contributed by atoms with Gasteiger partial charge in [0.25, 0.3) is 11.8 Å². The number of carbonyl (C=O) groups is 2. The molecule has 31 heavy (non-hydrogen) atoms. The van der Waals surface area contributed by atoms with Gasteiger partial charge in [-0.05, 0) is 56.0 Å². The number of amides is 2. The SMILES string of the molecule is CCC(NC(=O)c1cc(C(=O)N2CCCC2C)n2c1COCC2)c1cc(F)ccc1Cl. The van der Waals surface area contributed by atoms with Crippen molar-refractivity contribution in [2.24, 2.45) is 0 Å². The van der Waals surface area contributed by atoms with Crippen molar-refractivity contribution in [1.29, 1.82) is 0 Å². The highest BCUT2D eigenvalue weighted by molar-refractivity contribution is 6.31. The van der Waals surface area contributed by atoms with Gasteiger partial charge in [0.2, 0.25) is 0 Å². The molecule has 166 valence electrons. The van der Waals surface area contributed by atoms with Crippen LogP contribution in [0, 0.1) is 5.82 Å². The maximum Gasteiger partial charge on any atom is 0.270 e. The van der Waals surface area contributed by atoms with E-state index in [4.69, 9.17) is 16.3 Å². The van der Waals surface area contributed by atoms with Gasteiger partial charge in [-0.2, -0.15) is 0 Å². The van der Waals surface area contributed by atoms with E-state index in [1.54, 1.807) is 6.07 Å². The third-order valence-corrected chi connectivity index (χ3v) is 6.58. The van der Waals surface area contributed by atoms with Crippen molar-refractivity contribution in [3.8, 4) is 0 Å². The molecular weight excluding hydrogens is 421 g/mol. The second-order valence-electron chi connectivity index (χ2n) is 8.18. The molecule has 1 aromatic heterocycles. The first-order valence-corrected chi connectivity index (χ1v) is 11.2. The Morgan fingerprint density at radius 2 is 2.13 bits per heavy atom. The Labute approximate surface area is 186 Å². The Morgan fingerprint density at radius 3 is 2.84 bits per heavy atom. The van der Waals surface area contributed by atoms with Gasteiger partial charge in [0.15, 0.2) is 0 Å². The van der Waals surface area contributed by atoms with Crippen molar-refractivity contribution in [3.05, 3.63) is 57.6 Å². The van der Waals surface area contributed by atoms with E-state index in [-0.39, 0.29) is 24.5 Å². The van der Waals surface area contributed by atoms with Crippen LogP contribution < -0.4 is 5.32 Å². The smallest absolute Gasteiger partial charge is 0.270 e. The molecule has 2 atom stereocenters. The van der Waals surface area contributed by atoms with E-state index >= 15 is 0 Å². The van der Waals surface area contributed by atoms with Crippen molar-refractivity contribution in [2.45, 2.75) is 58.3 Å². The van der Waals surface area contributed by atoms with E-state index in [0.717, 1.165) is 19.4 Å². The van der Waals surface area contributed by atoms with E-state index < -0.39 is 11.9 Å². The number of benzene rings is 1. The Hall–Kier alpha value is -2.38. The van der Waals surface area contributed by atoms with Crippen molar-refractivity contribution in [2.75, 3.05) is 13.2 Å². The van der Waals surface area contributed by atoms with Crippen LogP contribution in [0.25, 0.3) is 0 Å². The van der Waals surface area contributed by atoms with Crippen molar-refractivity contribution < 1.29 is 18.7 Å². The molecule has 0 aliphatic carbocycles. The van der Waals surface area contributed by atoms with Gasteiger partial charge in [-0.3, -0.25) is 9.59 Å². The van der Waals surface area contributed by atoms with Crippen LogP contribution in [-0.4, -0.2) is 40.5 Å². The summed E-state index contributed by atoms with van der Waals surface area (Å²) in [5.74, 6) is -0.781. The van der Waals surface area contributed by atoms with Gasteiger partial charge in [0.05, 0.1) is 30.5 Å². The molecule has 0 bridgehead atoms. The quantitative estimate of drug-likeness (QED) is 0.742. The van der Waals surface area contributed by atoms with E-state index in [1.165, 1.54) is 18.2 Å². The summed E-state index contributed by atoms with van der Waals surface area (Å²) in [7, 11) is 0. The van der Waals surface area contributed by atoms with Crippen LogP contribution in [-0.2, 0) is 17.9 Å². The Balaban J connectivity index is 1.64. The zero-order chi connectivity index (χ0) is 22.1. The molecule has 6 nitrogen and oxygen atoms in total. The summed E-state index contributed by atoms with van der Waals surface area (Å²) in [6.07, 6.45) is 2.52. The van der Waals surface area contributed by atoms with E-state index in [2.05, 4.69) is 12.2 Å². The standard InChI is InChI=1S/C23H27ClFN3O3/c1-3-19(16-11-15(25)6-7-18(16)24)26-22(29)17-12-20(28-9-10-31-13-21(17)28)23(30)27-8-4-5-14(27)2/h6-7,11-12,14,19H,3-5,8-10,13H2,1-2H3,(H,26,29). The second kappa shape index (κ2) is 9.01. The summed E-state index contributed by atoms with van der Waals surface area (Å²) in [6.45, 7) is 5.97. The minimum Gasteiger partial charge on any atom is -0.373 e. The van der Waals surface area contributed by atoms with E-state index in [9.17, 15) is 14.0 Å². The molecule has 8 heteroatoms. The molecule has 4 rings (SSSR count). The maximum absolute atomic E-state index is 13.8. The molecular formula is C23H27ClFN3O3. The average Bonchev–Trinajstić information content (AvgIpc) is 3.37. The fourth-order valence-electron chi connectivity index (χ4n) is 4.50. The first-order chi connectivity index (χ1) is 14.9. The number of halogens is 2. The van der Waals surface area contributed by atoms with E-state index in [0.29, 0.717) is 47.1 Å². The second-order valence-corrected chi connectivity index (χ2v) is 8.59. The molecule has 2 aromatic rings. The number of aromatic nitrogens is 1. The van der Waals surface area contributed by atoms with Gasteiger partial charge in [-0.15, -0.1) is 0 Å². The molecule has 1 fully saturated rings. The number of fused-ring (bicyclic) bond motifs is 1. The van der Waals surface area contributed by atoms with Crippen LogP contribution in [0.4, 0.5) is 4.39 Å². The number of nitrogens with one attached hydrogen (secondary N) is 1. The van der Waals surface area contributed by atoms with Crippen LogP contribution in [0.15, 0.2) is 24.3 Å². The highest BCUT2D eigenvalue weighted by atomic mass is 35.5. The van der Waals surface area contributed by atoms with Crippen LogP contribution >= 0.6 is 11.6 Å². The number of carbonyl (C=O) groups excluding carboxylic acids is 2. The molecule has 2 amide bonds. The van der Waals surface area contributed by atoms with Gasteiger partial charge in [0.1, 0.15) is 11.5 Å². The number of hydrogen-bond acceptors (Lipinski definition) is 3. The maximum atomic E-state index is 13.8. The minimum absolute atomic E-state index is 0.0487. The van der Waals surface area contributed by atoms with E-state index in [1.807, 2.05) is 16.4 Å². The molecule has 2 aliphatic rings. The summed E-state index contributed by atoms with van der Waals surface area (Å²) in [4.78, 5) is 28.3. The predicted molar refractivity (Wildman–Crippen MR) is 116 cm³/mol. The van der Waals surface area contributed by atoms with Crippen molar-refractivity contribution in [1.82, 2.24) is 14.8 Å². The fraction of sp³-hybridized carbons (Fsp3) is 0.478. The van der Waals surface area contributed by atoms with Gasteiger partial charge < -0.3 is 19.5 Å². The van der Waals surface area contributed by atoms with Crippen molar-refractivity contribution in [3.63, 3.8) is 0 Å².